The lowest BCUT2D eigenvalue weighted by Crippen LogP contribution is -2.49. The number of carbonyl (C=O) groups is 1. The molecule has 7 heteroatoms. The zero-order valence-corrected chi connectivity index (χ0v) is 21.3. The zero-order valence-electron chi connectivity index (χ0n) is 33.5. The van der Waals surface area contributed by atoms with Gasteiger partial charge in [-0.3, -0.25) is 9.28 Å². The van der Waals surface area contributed by atoms with Crippen LogP contribution < -0.4 is 4.74 Å². The van der Waals surface area contributed by atoms with Gasteiger partial charge in [0.2, 0.25) is 6.73 Å². The Morgan fingerprint density at radius 1 is 1.12 bits per heavy atom. The maximum atomic E-state index is 12.4. The van der Waals surface area contributed by atoms with E-state index in [9.17, 15) is 4.79 Å². The molecule has 2 heterocycles. The van der Waals surface area contributed by atoms with E-state index in [0.29, 0.717) is 36.7 Å². The van der Waals surface area contributed by atoms with Gasteiger partial charge < -0.3 is 9.47 Å². The van der Waals surface area contributed by atoms with Gasteiger partial charge in [-0.2, -0.15) is 4.37 Å². The van der Waals surface area contributed by atoms with Gasteiger partial charge in [-0.15, -0.1) is 4.37 Å². The smallest absolute Gasteiger partial charge is 0.310 e. The molecule has 1 aromatic heterocycles. The number of likely N-dealkylation sites (N-methyl/N-ethyl adjacent to an activating group) is 1. The highest BCUT2D eigenvalue weighted by molar-refractivity contribution is 6.99. The van der Waals surface area contributed by atoms with Crippen LogP contribution >= 0.6 is 11.7 Å². The van der Waals surface area contributed by atoms with Crippen LogP contribution in [0, 0.1) is 0 Å². The Bertz CT molecular complexity index is 1210. The molecule has 0 N–H and O–H groups in total. The molecule has 0 radical (unpaired) electrons. The summed E-state index contributed by atoms with van der Waals surface area (Å²) in [6, 6.07) is 0. The van der Waals surface area contributed by atoms with E-state index in [1.807, 2.05) is 7.05 Å². The van der Waals surface area contributed by atoms with Crippen molar-refractivity contribution >= 4 is 23.3 Å². The van der Waals surface area contributed by atoms with E-state index in [1.54, 1.807) is 6.08 Å². The van der Waals surface area contributed by atoms with Crippen molar-refractivity contribution in [1.82, 2.24) is 8.75 Å². The van der Waals surface area contributed by atoms with Crippen molar-refractivity contribution in [2.24, 2.45) is 0 Å². The lowest BCUT2D eigenvalue weighted by Gasteiger charge is -2.36. The lowest BCUT2D eigenvalue weighted by atomic mass is 10.1. The number of rotatable bonds is 19. The van der Waals surface area contributed by atoms with Gasteiger partial charge in [0.05, 0.1) is 34.6 Å². The molecule has 2 rings (SSSR count). The molecule has 1 atom stereocenters. The van der Waals surface area contributed by atoms with E-state index >= 15 is 0 Å². The van der Waals surface area contributed by atoms with E-state index in [4.69, 9.17) is 27.3 Å². The Kier molecular flexibility index (Phi) is 7.49. The Labute approximate surface area is 230 Å². The van der Waals surface area contributed by atoms with Crippen LogP contribution in [0.2, 0.25) is 0 Å². The molecule has 34 heavy (non-hydrogen) atoms. The molecule has 0 aromatic carbocycles. The minimum Gasteiger partial charge on any atom is -0.475 e. The second kappa shape index (κ2) is 17.0. The summed E-state index contributed by atoms with van der Waals surface area (Å²) in [6.45, 7) is -4.21. The van der Waals surface area contributed by atoms with Crippen LogP contribution in [0.3, 0.4) is 0 Å². The Morgan fingerprint density at radius 2 is 1.88 bits per heavy atom. The van der Waals surface area contributed by atoms with Crippen LogP contribution in [0.1, 0.15) is 133 Å². The second-order valence-electron chi connectivity index (χ2n) is 8.87. The monoisotopic (exact) mass is 507 g/mol. The van der Waals surface area contributed by atoms with Gasteiger partial charge in [-0.25, -0.2) is 0 Å². The lowest BCUT2D eigenvalue weighted by molar-refractivity contribution is -0.919. The van der Waals surface area contributed by atoms with E-state index in [-0.39, 0.29) is 29.4 Å². The number of nitrogens with zero attached hydrogens (tertiary/aromatic N) is 3. The third kappa shape index (κ3) is 11.3. The average molecular weight is 508 g/mol. The maximum Gasteiger partial charge on any atom is 0.310 e. The number of unbranched alkanes of at least 4 members (excludes halogenated alkanes) is 8. The molecular formula is C27H48N3O3S+. The zero-order chi connectivity index (χ0) is 36.0. The molecule has 0 saturated heterocycles. The summed E-state index contributed by atoms with van der Waals surface area (Å²) in [4.78, 5) is 12.4. The summed E-state index contributed by atoms with van der Waals surface area (Å²) in [6.07, 6.45) is -3.07. The summed E-state index contributed by atoms with van der Waals surface area (Å²) in [5.41, 5.74) is 0.576. The Morgan fingerprint density at radius 3 is 2.65 bits per heavy atom. The summed E-state index contributed by atoms with van der Waals surface area (Å²) in [7, 11) is 1.87. The SMILES string of the molecule is [2H]C([2H])([2H])C([2H])([2H])C([2H])([2H])C([2H])([2H])C([2H])([2H])C([2H])([2H])Oc1nsnc1C1=CCC[N+](C)(COC(=O)CCCCCCCCCCC)C1. The summed E-state index contributed by atoms with van der Waals surface area (Å²) < 4.78 is 122. The van der Waals surface area contributed by atoms with Gasteiger partial charge in [-0.1, -0.05) is 90.3 Å². The van der Waals surface area contributed by atoms with Crippen LogP contribution in [0.25, 0.3) is 5.57 Å². The van der Waals surface area contributed by atoms with E-state index in [2.05, 4.69) is 15.7 Å². The van der Waals surface area contributed by atoms with Crippen molar-refractivity contribution < 1.29 is 36.6 Å². The largest absolute Gasteiger partial charge is 0.475 e. The molecule has 0 fully saturated rings. The van der Waals surface area contributed by atoms with Crippen molar-refractivity contribution in [3.05, 3.63) is 11.8 Å². The van der Waals surface area contributed by atoms with Crippen LogP contribution in [-0.2, 0) is 9.53 Å². The Hall–Kier alpha value is -1.47. The van der Waals surface area contributed by atoms with E-state index in [1.165, 1.54) is 32.1 Å². The van der Waals surface area contributed by atoms with Gasteiger partial charge >= 0.3 is 5.97 Å². The standard InChI is InChI=1S/C27H48N3O3S/c1-4-6-8-10-11-12-13-14-15-19-25(31)33-23-30(3)20-17-18-24(22-30)26-27(29-34-28-26)32-21-16-9-7-5-2/h18H,4-17,19-23H2,1-3H3/q+1/i2D3,5D2,7D2,9D2,16D2,21D2. The number of ether oxygens (including phenoxy) is 2. The van der Waals surface area contributed by atoms with Crippen LogP contribution in [0.5, 0.6) is 5.88 Å². The summed E-state index contributed by atoms with van der Waals surface area (Å²) in [5.74, 6) is -0.795. The number of quaternary nitrogens is 1. The predicted octanol–water partition coefficient (Wildman–Crippen LogP) is 7.15. The summed E-state index contributed by atoms with van der Waals surface area (Å²) >= 11 is 0.620. The van der Waals surface area contributed by atoms with E-state index in [0.717, 1.165) is 25.7 Å². The third-order valence-corrected chi connectivity index (χ3v) is 6.29. The molecule has 6 nitrogen and oxygen atoms in total. The predicted molar refractivity (Wildman–Crippen MR) is 141 cm³/mol. The number of hydrogen-bond donors (Lipinski definition) is 0. The van der Waals surface area contributed by atoms with E-state index < -0.39 is 44.8 Å². The molecule has 0 amide bonds. The maximum absolute atomic E-state index is 12.4. The first-order valence-electron chi connectivity index (χ1n) is 18.7. The minimum atomic E-state index is -4.05. The molecule has 1 aliphatic rings. The fraction of sp³-hybridized carbons (Fsp3) is 0.815. The number of carbonyl (C=O) groups excluding carboxylic acids is 1. The van der Waals surface area contributed by atoms with Crippen LogP contribution in [0.15, 0.2) is 6.08 Å². The molecular weight excluding hydrogens is 446 g/mol. The highest BCUT2D eigenvalue weighted by Gasteiger charge is 2.31. The molecule has 194 valence electrons. The number of hydrogen-bond acceptors (Lipinski definition) is 6. The van der Waals surface area contributed by atoms with Crippen LogP contribution in [-0.4, -0.2) is 52.6 Å². The Balaban J connectivity index is 2.06. The summed E-state index contributed by atoms with van der Waals surface area (Å²) in [5, 5.41) is 0. The molecule has 1 aliphatic heterocycles. The van der Waals surface area contributed by atoms with Crippen molar-refractivity contribution in [2.45, 2.75) is 110 Å². The molecule has 1 unspecified atom stereocenters. The fourth-order valence-electron chi connectivity index (χ4n) is 3.87. The number of esters is 1. The van der Waals surface area contributed by atoms with Crippen LogP contribution in [0.4, 0.5) is 0 Å². The van der Waals surface area contributed by atoms with Gasteiger partial charge in [0, 0.05) is 33.5 Å². The first-order valence-corrected chi connectivity index (χ1v) is 12.9. The van der Waals surface area contributed by atoms with Crippen molar-refractivity contribution in [2.75, 3.05) is 33.4 Å². The first kappa shape index (κ1) is 14.9. The first-order chi connectivity index (χ1) is 21.5. The highest BCUT2D eigenvalue weighted by Crippen LogP contribution is 2.30. The average Bonchev–Trinajstić information content (AvgIpc) is 3.41. The van der Waals surface area contributed by atoms with Gasteiger partial charge in [0.25, 0.3) is 5.88 Å². The quantitative estimate of drug-likeness (QED) is 0.113. The molecule has 0 saturated carbocycles. The normalized spacial score (nSPS) is 26.2. The topological polar surface area (TPSA) is 61.3 Å². The molecule has 0 spiro atoms. The molecule has 0 aliphatic carbocycles. The van der Waals surface area contributed by atoms with Crippen molar-refractivity contribution in [3.63, 3.8) is 0 Å². The van der Waals surface area contributed by atoms with Gasteiger partial charge in [0.1, 0.15) is 12.2 Å². The highest BCUT2D eigenvalue weighted by atomic mass is 32.1. The van der Waals surface area contributed by atoms with Crippen molar-refractivity contribution in [1.29, 1.82) is 0 Å². The fourth-order valence-corrected chi connectivity index (χ4v) is 4.39. The minimum absolute atomic E-state index is 0.0427. The van der Waals surface area contributed by atoms with Crippen molar-refractivity contribution in [3.8, 4) is 5.88 Å². The number of aromatic nitrogens is 2. The molecule has 1 aromatic rings. The van der Waals surface area contributed by atoms with Gasteiger partial charge in [0.15, 0.2) is 0 Å². The van der Waals surface area contributed by atoms with Gasteiger partial charge in [-0.05, 0) is 12.8 Å². The third-order valence-electron chi connectivity index (χ3n) is 5.78. The molecule has 0 bridgehead atoms. The second-order valence-corrected chi connectivity index (χ2v) is 9.39.